The van der Waals surface area contributed by atoms with Crippen LogP contribution >= 0.6 is 0 Å². The van der Waals surface area contributed by atoms with Crippen LogP contribution in [0.4, 0.5) is 0 Å². The highest BCUT2D eigenvalue weighted by Crippen LogP contribution is 2.21. The summed E-state index contributed by atoms with van der Waals surface area (Å²) in [6.07, 6.45) is 0.754. The molecule has 16 heavy (non-hydrogen) atoms. The second-order valence-corrected chi connectivity index (χ2v) is 4.78. The number of rotatable bonds is 2. The Morgan fingerprint density at radius 2 is 1.94 bits per heavy atom. The molecule has 0 heterocycles. The fourth-order valence-electron chi connectivity index (χ4n) is 1.07. The molecule has 0 spiro atoms. The highest BCUT2D eigenvalue weighted by atomic mass is 16.5. The van der Waals surface area contributed by atoms with Crippen LogP contribution in [0, 0.1) is 12.3 Å². The van der Waals surface area contributed by atoms with Crippen LogP contribution in [0.5, 0.6) is 5.75 Å². The van der Waals surface area contributed by atoms with Gasteiger partial charge in [0.2, 0.25) is 0 Å². The lowest BCUT2D eigenvalue weighted by atomic mass is 9.97. The molecular formula is C13H16O3. The standard InChI is InChI=1S/C13H16O3/c1-9-5-6-11(7-10(9)8-14)16-12(15)13(2,3)4/h5-8H,1-4H3. The number of hydrogen-bond donors (Lipinski definition) is 0. The molecule has 0 aliphatic rings. The van der Waals surface area contributed by atoms with Gasteiger partial charge in [-0.15, -0.1) is 0 Å². The van der Waals surface area contributed by atoms with E-state index < -0.39 is 5.41 Å². The molecule has 0 aromatic heterocycles. The lowest BCUT2D eigenvalue weighted by Crippen LogP contribution is -2.25. The van der Waals surface area contributed by atoms with Crippen molar-refractivity contribution >= 4 is 12.3 Å². The van der Waals surface area contributed by atoms with Gasteiger partial charge in [-0.1, -0.05) is 6.07 Å². The zero-order valence-electron chi connectivity index (χ0n) is 10.0. The fraction of sp³-hybridized carbons (Fsp3) is 0.385. The Morgan fingerprint density at radius 3 is 2.44 bits per heavy atom. The van der Waals surface area contributed by atoms with Crippen molar-refractivity contribution in [1.82, 2.24) is 0 Å². The largest absolute Gasteiger partial charge is 0.426 e. The molecule has 0 unspecified atom stereocenters. The van der Waals surface area contributed by atoms with E-state index in [-0.39, 0.29) is 5.97 Å². The third-order valence-corrected chi connectivity index (χ3v) is 2.20. The van der Waals surface area contributed by atoms with E-state index in [1.165, 1.54) is 0 Å². The number of aldehydes is 1. The van der Waals surface area contributed by atoms with E-state index in [4.69, 9.17) is 4.74 Å². The topological polar surface area (TPSA) is 43.4 Å². The quantitative estimate of drug-likeness (QED) is 0.437. The Bertz CT molecular complexity index is 414. The lowest BCUT2D eigenvalue weighted by Gasteiger charge is -2.16. The third kappa shape index (κ3) is 2.92. The normalized spacial score (nSPS) is 11.0. The summed E-state index contributed by atoms with van der Waals surface area (Å²) in [5, 5.41) is 0. The van der Waals surface area contributed by atoms with E-state index in [1.807, 2.05) is 6.92 Å². The minimum Gasteiger partial charge on any atom is -0.426 e. The van der Waals surface area contributed by atoms with Crippen molar-refractivity contribution < 1.29 is 14.3 Å². The molecule has 1 aromatic rings. The summed E-state index contributed by atoms with van der Waals surface area (Å²) >= 11 is 0. The van der Waals surface area contributed by atoms with Gasteiger partial charge in [0.25, 0.3) is 0 Å². The molecule has 0 bridgehead atoms. The zero-order chi connectivity index (χ0) is 12.3. The molecular weight excluding hydrogens is 204 g/mol. The average Bonchev–Trinajstić information content (AvgIpc) is 2.19. The molecule has 0 atom stereocenters. The number of carbonyl (C=O) groups excluding carboxylic acids is 2. The van der Waals surface area contributed by atoms with Gasteiger partial charge in [-0.2, -0.15) is 0 Å². The summed E-state index contributed by atoms with van der Waals surface area (Å²) in [5.74, 6) is 0.0980. The van der Waals surface area contributed by atoms with Crippen LogP contribution in [-0.4, -0.2) is 12.3 Å². The van der Waals surface area contributed by atoms with Crippen molar-refractivity contribution in [1.29, 1.82) is 0 Å². The van der Waals surface area contributed by atoms with Gasteiger partial charge >= 0.3 is 5.97 Å². The second-order valence-electron chi connectivity index (χ2n) is 4.78. The van der Waals surface area contributed by atoms with Gasteiger partial charge in [-0.25, -0.2) is 0 Å². The van der Waals surface area contributed by atoms with E-state index in [0.29, 0.717) is 11.3 Å². The van der Waals surface area contributed by atoms with Gasteiger partial charge in [-0.3, -0.25) is 9.59 Å². The predicted molar refractivity (Wildman–Crippen MR) is 61.7 cm³/mol. The summed E-state index contributed by atoms with van der Waals surface area (Å²) in [4.78, 5) is 22.3. The number of carbonyl (C=O) groups is 2. The average molecular weight is 220 g/mol. The molecule has 0 saturated carbocycles. The maximum atomic E-state index is 11.6. The zero-order valence-corrected chi connectivity index (χ0v) is 10.0. The number of ether oxygens (including phenoxy) is 1. The van der Waals surface area contributed by atoms with Crippen LogP contribution in [0.3, 0.4) is 0 Å². The summed E-state index contributed by atoms with van der Waals surface area (Å²) in [6.45, 7) is 7.18. The first-order valence-electron chi connectivity index (χ1n) is 5.12. The molecule has 0 aliphatic carbocycles. The van der Waals surface area contributed by atoms with Crippen molar-refractivity contribution in [2.24, 2.45) is 5.41 Å². The maximum absolute atomic E-state index is 11.6. The minimum absolute atomic E-state index is 0.312. The fourth-order valence-corrected chi connectivity index (χ4v) is 1.07. The van der Waals surface area contributed by atoms with Crippen molar-refractivity contribution in [3.8, 4) is 5.75 Å². The predicted octanol–water partition coefficient (Wildman–Crippen LogP) is 2.76. The summed E-state index contributed by atoms with van der Waals surface area (Å²) in [6, 6.07) is 5.02. The molecule has 0 aliphatic heterocycles. The van der Waals surface area contributed by atoms with Crippen molar-refractivity contribution in [2.45, 2.75) is 27.7 Å². The van der Waals surface area contributed by atoms with Gasteiger partial charge in [-0.05, 0) is 45.4 Å². The minimum atomic E-state index is -0.549. The maximum Gasteiger partial charge on any atom is 0.316 e. The van der Waals surface area contributed by atoms with Gasteiger partial charge in [0.15, 0.2) is 0 Å². The molecule has 0 saturated heterocycles. The van der Waals surface area contributed by atoms with E-state index in [2.05, 4.69) is 0 Å². The van der Waals surface area contributed by atoms with E-state index in [0.717, 1.165) is 11.8 Å². The molecule has 1 aromatic carbocycles. The summed E-state index contributed by atoms with van der Waals surface area (Å²) < 4.78 is 5.18. The molecule has 3 nitrogen and oxygen atoms in total. The number of hydrogen-bond acceptors (Lipinski definition) is 3. The van der Waals surface area contributed by atoms with E-state index in [1.54, 1.807) is 39.0 Å². The van der Waals surface area contributed by atoms with Crippen molar-refractivity contribution in [3.63, 3.8) is 0 Å². The lowest BCUT2D eigenvalue weighted by molar-refractivity contribution is -0.143. The van der Waals surface area contributed by atoms with Crippen molar-refractivity contribution in [2.75, 3.05) is 0 Å². The first-order valence-corrected chi connectivity index (χ1v) is 5.12. The Kier molecular flexibility index (Phi) is 3.48. The number of esters is 1. The summed E-state index contributed by atoms with van der Waals surface area (Å²) in [7, 11) is 0. The van der Waals surface area contributed by atoms with Crippen molar-refractivity contribution in [3.05, 3.63) is 29.3 Å². The Morgan fingerprint density at radius 1 is 1.31 bits per heavy atom. The van der Waals surface area contributed by atoms with Gasteiger partial charge in [0, 0.05) is 5.56 Å². The monoisotopic (exact) mass is 220 g/mol. The highest BCUT2D eigenvalue weighted by Gasteiger charge is 2.23. The second kappa shape index (κ2) is 4.47. The molecule has 1 rings (SSSR count). The van der Waals surface area contributed by atoms with Crippen LogP contribution in [0.15, 0.2) is 18.2 Å². The Balaban J connectivity index is 2.91. The van der Waals surface area contributed by atoms with E-state index in [9.17, 15) is 9.59 Å². The smallest absolute Gasteiger partial charge is 0.316 e. The number of aryl methyl sites for hydroxylation is 1. The first-order chi connectivity index (χ1) is 7.34. The van der Waals surface area contributed by atoms with E-state index >= 15 is 0 Å². The SMILES string of the molecule is Cc1ccc(OC(=O)C(C)(C)C)cc1C=O. The van der Waals surface area contributed by atoms with Crippen LogP contribution < -0.4 is 4.74 Å². The Labute approximate surface area is 95.4 Å². The third-order valence-electron chi connectivity index (χ3n) is 2.20. The molecule has 0 fully saturated rings. The molecule has 0 radical (unpaired) electrons. The highest BCUT2D eigenvalue weighted by molar-refractivity contribution is 5.80. The molecule has 86 valence electrons. The molecule has 3 heteroatoms. The van der Waals surface area contributed by atoms with Gasteiger partial charge in [0.05, 0.1) is 5.41 Å². The van der Waals surface area contributed by atoms with Crippen LogP contribution in [0.2, 0.25) is 0 Å². The van der Waals surface area contributed by atoms with Crippen LogP contribution in [0.1, 0.15) is 36.7 Å². The van der Waals surface area contributed by atoms with Crippen LogP contribution in [0.25, 0.3) is 0 Å². The summed E-state index contributed by atoms with van der Waals surface area (Å²) in [5.41, 5.74) is 0.858. The Hall–Kier alpha value is -1.64. The molecule has 0 N–H and O–H groups in total. The molecule has 0 amide bonds. The first kappa shape index (κ1) is 12.4. The number of benzene rings is 1. The van der Waals surface area contributed by atoms with Crippen LogP contribution in [-0.2, 0) is 4.79 Å². The van der Waals surface area contributed by atoms with Gasteiger partial charge < -0.3 is 4.74 Å². The van der Waals surface area contributed by atoms with Gasteiger partial charge in [0.1, 0.15) is 12.0 Å².